The predicted molar refractivity (Wildman–Crippen MR) is 88.6 cm³/mol. The molecule has 3 rings (SSSR count). The maximum absolute atomic E-state index is 11.7. The highest BCUT2D eigenvalue weighted by Crippen LogP contribution is 2.38. The Bertz CT molecular complexity index is 535. The van der Waals surface area contributed by atoms with Crippen molar-refractivity contribution in [1.29, 1.82) is 0 Å². The van der Waals surface area contributed by atoms with Crippen LogP contribution in [0.15, 0.2) is 22.7 Å². The molecule has 5 heteroatoms. The molecule has 1 aromatic carbocycles. The molecule has 1 spiro atoms. The number of carbonyl (C=O) groups excluding carboxylic acids is 1. The third-order valence-corrected chi connectivity index (χ3v) is 5.28. The zero-order chi connectivity index (χ0) is 14.9. The Balaban J connectivity index is 1.89. The number of hydrogen-bond acceptors (Lipinski definition) is 3. The SMILES string of the molecule is NC(=O)c1ccc(Br)cc1N1CCCC2(CCCNC2)C1. The van der Waals surface area contributed by atoms with Gasteiger partial charge >= 0.3 is 0 Å². The third-order valence-electron chi connectivity index (χ3n) is 4.79. The average molecular weight is 352 g/mol. The lowest BCUT2D eigenvalue weighted by molar-refractivity contribution is 0.1000. The lowest BCUT2D eigenvalue weighted by atomic mass is 9.74. The molecule has 1 amide bonds. The summed E-state index contributed by atoms with van der Waals surface area (Å²) < 4.78 is 0.990. The number of halogens is 1. The summed E-state index contributed by atoms with van der Waals surface area (Å²) in [4.78, 5) is 14.1. The van der Waals surface area contributed by atoms with Crippen LogP contribution >= 0.6 is 15.9 Å². The van der Waals surface area contributed by atoms with Gasteiger partial charge in [-0.3, -0.25) is 4.79 Å². The molecular weight excluding hydrogens is 330 g/mol. The fourth-order valence-corrected chi connectivity index (χ4v) is 4.12. The van der Waals surface area contributed by atoms with Crippen LogP contribution in [0.4, 0.5) is 5.69 Å². The number of anilines is 1. The van der Waals surface area contributed by atoms with Crippen molar-refractivity contribution in [3.63, 3.8) is 0 Å². The summed E-state index contributed by atoms with van der Waals surface area (Å²) in [5.41, 5.74) is 7.50. The van der Waals surface area contributed by atoms with E-state index in [0.717, 1.165) is 36.3 Å². The molecule has 0 saturated carbocycles. The van der Waals surface area contributed by atoms with E-state index in [1.807, 2.05) is 18.2 Å². The van der Waals surface area contributed by atoms with E-state index in [2.05, 4.69) is 26.1 Å². The first-order valence-corrected chi connectivity index (χ1v) is 8.44. The molecule has 2 aliphatic heterocycles. The number of hydrogen-bond donors (Lipinski definition) is 2. The Kier molecular flexibility index (Phi) is 4.22. The molecule has 2 heterocycles. The highest BCUT2D eigenvalue weighted by molar-refractivity contribution is 9.10. The molecule has 2 aliphatic rings. The first-order valence-electron chi connectivity index (χ1n) is 7.65. The fourth-order valence-electron chi connectivity index (χ4n) is 3.77. The molecule has 2 fully saturated rings. The van der Waals surface area contributed by atoms with E-state index in [-0.39, 0.29) is 5.91 Å². The van der Waals surface area contributed by atoms with E-state index < -0.39 is 0 Å². The minimum atomic E-state index is -0.348. The van der Waals surface area contributed by atoms with E-state index in [1.54, 1.807) is 0 Å². The lowest BCUT2D eigenvalue weighted by Crippen LogP contribution is -2.51. The highest BCUT2D eigenvalue weighted by atomic mass is 79.9. The minimum Gasteiger partial charge on any atom is -0.370 e. The second-order valence-electron chi connectivity index (χ2n) is 6.33. The summed E-state index contributed by atoms with van der Waals surface area (Å²) >= 11 is 3.51. The first-order chi connectivity index (χ1) is 10.1. The molecule has 114 valence electrons. The normalized spacial score (nSPS) is 26.0. The topological polar surface area (TPSA) is 58.4 Å². The van der Waals surface area contributed by atoms with E-state index >= 15 is 0 Å². The summed E-state index contributed by atoms with van der Waals surface area (Å²) in [6.07, 6.45) is 4.97. The number of nitrogens with one attached hydrogen (secondary N) is 1. The molecule has 4 nitrogen and oxygen atoms in total. The van der Waals surface area contributed by atoms with Crippen LogP contribution in [0.25, 0.3) is 0 Å². The lowest BCUT2D eigenvalue weighted by Gasteiger charge is -2.46. The van der Waals surface area contributed by atoms with Crippen LogP contribution in [0.2, 0.25) is 0 Å². The summed E-state index contributed by atoms with van der Waals surface area (Å²) in [6.45, 7) is 4.23. The molecule has 0 radical (unpaired) electrons. The van der Waals surface area contributed by atoms with Crippen LogP contribution in [0.1, 0.15) is 36.0 Å². The van der Waals surface area contributed by atoms with Gasteiger partial charge in [0.25, 0.3) is 5.91 Å². The van der Waals surface area contributed by atoms with Crippen molar-refractivity contribution in [3.8, 4) is 0 Å². The maximum atomic E-state index is 11.7. The zero-order valence-electron chi connectivity index (χ0n) is 12.2. The minimum absolute atomic E-state index is 0.348. The maximum Gasteiger partial charge on any atom is 0.250 e. The predicted octanol–water partition coefficient (Wildman–Crippen LogP) is 2.52. The van der Waals surface area contributed by atoms with Gasteiger partial charge in [0.2, 0.25) is 0 Å². The summed E-state index contributed by atoms with van der Waals surface area (Å²) in [5, 5.41) is 3.54. The third kappa shape index (κ3) is 3.09. The standard InChI is InChI=1S/C16H22BrN3O/c17-12-3-4-13(15(18)21)14(9-12)20-8-2-6-16(11-20)5-1-7-19-10-16/h3-4,9,19H,1-2,5-8,10-11H2,(H2,18,21). The van der Waals surface area contributed by atoms with Crippen molar-refractivity contribution in [3.05, 3.63) is 28.2 Å². The number of nitrogens with zero attached hydrogens (tertiary/aromatic N) is 1. The van der Waals surface area contributed by atoms with Gasteiger partial charge in [-0.05, 0) is 50.4 Å². The van der Waals surface area contributed by atoms with Gasteiger partial charge in [-0.1, -0.05) is 15.9 Å². The zero-order valence-corrected chi connectivity index (χ0v) is 13.8. The van der Waals surface area contributed by atoms with E-state index in [9.17, 15) is 4.79 Å². The molecule has 1 unspecified atom stereocenters. The van der Waals surface area contributed by atoms with Gasteiger partial charge < -0.3 is 16.0 Å². The van der Waals surface area contributed by atoms with Crippen molar-refractivity contribution in [2.45, 2.75) is 25.7 Å². The quantitative estimate of drug-likeness (QED) is 0.860. The van der Waals surface area contributed by atoms with Gasteiger partial charge in [0.05, 0.1) is 11.3 Å². The Morgan fingerprint density at radius 1 is 1.33 bits per heavy atom. The van der Waals surface area contributed by atoms with Crippen LogP contribution < -0.4 is 16.0 Å². The summed E-state index contributed by atoms with van der Waals surface area (Å²) in [7, 11) is 0. The number of rotatable bonds is 2. The van der Waals surface area contributed by atoms with Crippen molar-refractivity contribution < 1.29 is 4.79 Å². The van der Waals surface area contributed by atoms with Gasteiger partial charge in [0.1, 0.15) is 0 Å². The number of carbonyl (C=O) groups is 1. The number of amides is 1. The first kappa shape index (κ1) is 14.9. The molecule has 0 bridgehead atoms. The monoisotopic (exact) mass is 351 g/mol. The van der Waals surface area contributed by atoms with E-state index in [0.29, 0.717) is 11.0 Å². The van der Waals surface area contributed by atoms with Crippen LogP contribution in [0.3, 0.4) is 0 Å². The van der Waals surface area contributed by atoms with Crippen LogP contribution in [0.5, 0.6) is 0 Å². The molecular formula is C16H22BrN3O. The van der Waals surface area contributed by atoms with Crippen LogP contribution in [0, 0.1) is 5.41 Å². The van der Waals surface area contributed by atoms with Crippen LogP contribution in [-0.4, -0.2) is 32.1 Å². The number of primary amides is 1. The molecule has 0 aliphatic carbocycles. The van der Waals surface area contributed by atoms with E-state index in [4.69, 9.17) is 5.73 Å². The van der Waals surface area contributed by atoms with Crippen molar-refractivity contribution in [2.75, 3.05) is 31.1 Å². The van der Waals surface area contributed by atoms with Crippen LogP contribution in [-0.2, 0) is 0 Å². The smallest absolute Gasteiger partial charge is 0.250 e. The average Bonchev–Trinajstić information content (AvgIpc) is 2.47. The number of piperidine rings is 2. The van der Waals surface area contributed by atoms with Crippen molar-refractivity contribution >= 4 is 27.5 Å². The van der Waals surface area contributed by atoms with Gasteiger partial charge in [0, 0.05) is 29.5 Å². The second-order valence-corrected chi connectivity index (χ2v) is 7.25. The summed E-state index contributed by atoms with van der Waals surface area (Å²) in [5.74, 6) is -0.348. The fraction of sp³-hybridized carbons (Fsp3) is 0.562. The Labute approximate surface area is 134 Å². The van der Waals surface area contributed by atoms with Gasteiger partial charge in [-0.2, -0.15) is 0 Å². The second kappa shape index (κ2) is 5.97. The van der Waals surface area contributed by atoms with E-state index in [1.165, 1.54) is 25.7 Å². The Morgan fingerprint density at radius 2 is 2.14 bits per heavy atom. The largest absolute Gasteiger partial charge is 0.370 e. The highest BCUT2D eigenvalue weighted by Gasteiger charge is 2.37. The molecule has 1 aromatic rings. The summed E-state index contributed by atoms with van der Waals surface area (Å²) in [6, 6.07) is 5.73. The van der Waals surface area contributed by atoms with Gasteiger partial charge in [-0.25, -0.2) is 0 Å². The Hall–Kier alpha value is -1.07. The number of benzene rings is 1. The molecule has 21 heavy (non-hydrogen) atoms. The molecule has 1 atom stereocenters. The van der Waals surface area contributed by atoms with Gasteiger partial charge in [0.15, 0.2) is 0 Å². The van der Waals surface area contributed by atoms with Crippen molar-refractivity contribution in [2.24, 2.45) is 11.1 Å². The molecule has 3 N–H and O–H groups in total. The van der Waals surface area contributed by atoms with Gasteiger partial charge in [-0.15, -0.1) is 0 Å². The molecule has 0 aromatic heterocycles. The van der Waals surface area contributed by atoms with Crippen molar-refractivity contribution in [1.82, 2.24) is 5.32 Å². The Morgan fingerprint density at radius 3 is 2.86 bits per heavy atom. The number of nitrogens with two attached hydrogens (primary N) is 1. The molecule has 2 saturated heterocycles.